The molecule has 0 amide bonds. The van der Waals surface area contributed by atoms with Crippen molar-refractivity contribution in [3.05, 3.63) is 0 Å². The van der Waals surface area contributed by atoms with Gasteiger partial charge in [-0.1, -0.05) is 65.2 Å². The van der Waals surface area contributed by atoms with Gasteiger partial charge in [0.05, 0.1) is 13.5 Å². The average Bonchev–Trinajstić information content (AvgIpc) is 2.58. The Kier molecular flexibility index (Phi) is 14.7. The highest BCUT2D eigenvalue weighted by molar-refractivity contribution is 5.72. The lowest BCUT2D eigenvalue weighted by molar-refractivity contribution is -0.157. The fourth-order valence-corrected chi connectivity index (χ4v) is 2.53. The van der Waals surface area contributed by atoms with E-state index in [0.717, 1.165) is 19.3 Å². The van der Waals surface area contributed by atoms with E-state index in [1.807, 2.05) is 0 Å². The molecule has 0 spiro atoms. The molecule has 2 unspecified atom stereocenters. The molecule has 5 heteroatoms. The van der Waals surface area contributed by atoms with Gasteiger partial charge >= 0.3 is 11.9 Å². The summed E-state index contributed by atoms with van der Waals surface area (Å²) in [6.45, 7) is 3.84. The smallest absolute Gasteiger partial charge is 0.309 e. The van der Waals surface area contributed by atoms with Gasteiger partial charge in [0.15, 0.2) is 0 Å². The molecule has 0 heterocycles. The van der Waals surface area contributed by atoms with Gasteiger partial charge in [-0.25, -0.2) is 0 Å². The molecule has 2 atom stereocenters. The Morgan fingerprint density at radius 1 is 0.917 bits per heavy atom. The lowest BCUT2D eigenvalue weighted by Gasteiger charge is -2.21. The number of unbranched alkanes of at least 4 members (excludes halogenated alkanes) is 8. The zero-order valence-corrected chi connectivity index (χ0v) is 15.7. The SMILES string of the molecule is CCCCCCCCCCCC(=O)OC(CC(=O)OC)C(C)CO. The van der Waals surface area contributed by atoms with Crippen LogP contribution >= 0.6 is 0 Å². The van der Waals surface area contributed by atoms with Gasteiger partial charge in [-0.05, 0) is 6.42 Å². The van der Waals surface area contributed by atoms with Gasteiger partial charge in [0.25, 0.3) is 0 Å². The third-order valence-electron chi connectivity index (χ3n) is 4.29. The standard InChI is InChI=1S/C19H36O5/c1-4-5-6-7-8-9-10-11-12-13-18(21)24-17(16(2)15-20)14-19(22)23-3/h16-17,20H,4-15H2,1-3H3. The number of carbonyl (C=O) groups excluding carboxylic acids is 2. The van der Waals surface area contributed by atoms with Gasteiger partial charge in [-0.2, -0.15) is 0 Å². The van der Waals surface area contributed by atoms with E-state index in [1.54, 1.807) is 6.92 Å². The van der Waals surface area contributed by atoms with Gasteiger partial charge in [0.2, 0.25) is 0 Å². The van der Waals surface area contributed by atoms with E-state index in [-0.39, 0.29) is 24.9 Å². The van der Waals surface area contributed by atoms with Gasteiger partial charge in [-0.15, -0.1) is 0 Å². The van der Waals surface area contributed by atoms with Crippen molar-refractivity contribution in [2.24, 2.45) is 5.92 Å². The predicted molar refractivity (Wildman–Crippen MR) is 94.6 cm³/mol. The van der Waals surface area contributed by atoms with E-state index in [4.69, 9.17) is 4.74 Å². The number of aliphatic hydroxyl groups is 1. The van der Waals surface area contributed by atoms with Crippen molar-refractivity contribution in [2.75, 3.05) is 13.7 Å². The quantitative estimate of drug-likeness (QED) is 0.359. The maximum Gasteiger partial charge on any atom is 0.309 e. The molecule has 0 rings (SSSR count). The molecule has 24 heavy (non-hydrogen) atoms. The number of carbonyl (C=O) groups is 2. The van der Waals surface area contributed by atoms with Crippen molar-refractivity contribution >= 4 is 11.9 Å². The topological polar surface area (TPSA) is 72.8 Å². The van der Waals surface area contributed by atoms with Crippen molar-refractivity contribution in [2.45, 2.75) is 90.6 Å². The second kappa shape index (κ2) is 15.4. The normalized spacial score (nSPS) is 13.3. The fraction of sp³-hybridized carbons (Fsp3) is 0.895. The molecule has 0 fully saturated rings. The molecule has 5 nitrogen and oxygen atoms in total. The Labute approximate surface area is 147 Å². The van der Waals surface area contributed by atoms with Crippen LogP contribution in [0.3, 0.4) is 0 Å². The van der Waals surface area contributed by atoms with Gasteiger partial charge in [-0.3, -0.25) is 9.59 Å². The molecule has 142 valence electrons. The van der Waals surface area contributed by atoms with Crippen LogP contribution in [0.5, 0.6) is 0 Å². The van der Waals surface area contributed by atoms with E-state index < -0.39 is 12.1 Å². The zero-order chi connectivity index (χ0) is 18.2. The highest BCUT2D eigenvalue weighted by atomic mass is 16.6. The second-order valence-corrected chi connectivity index (χ2v) is 6.55. The first kappa shape index (κ1) is 22.9. The number of ether oxygens (including phenoxy) is 2. The largest absolute Gasteiger partial charge is 0.469 e. The summed E-state index contributed by atoms with van der Waals surface area (Å²) in [5, 5.41) is 9.21. The predicted octanol–water partition coefficient (Wildman–Crippen LogP) is 4.01. The lowest BCUT2D eigenvalue weighted by Crippen LogP contribution is -2.30. The summed E-state index contributed by atoms with van der Waals surface area (Å²) in [5.41, 5.74) is 0. The van der Waals surface area contributed by atoms with E-state index in [2.05, 4.69) is 11.7 Å². The van der Waals surface area contributed by atoms with Gasteiger partial charge in [0, 0.05) is 18.9 Å². The Morgan fingerprint density at radius 2 is 1.46 bits per heavy atom. The van der Waals surface area contributed by atoms with Gasteiger partial charge < -0.3 is 14.6 Å². The highest BCUT2D eigenvalue weighted by Gasteiger charge is 2.24. The van der Waals surface area contributed by atoms with Crippen LogP contribution < -0.4 is 0 Å². The van der Waals surface area contributed by atoms with Crippen LogP contribution in [0.1, 0.15) is 84.5 Å². The van der Waals surface area contributed by atoms with Crippen LogP contribution in [0.15, 0.2) is 0 Å². The van der Waals surface area contributed by atoms with Crippen molar-refractivity contribution < 1.29 is 24.2 Å². The molecule has 0 saturated carbocycles. The van der Waals surface area contributed by atoms with Crippen molar-refractivity contribution in [3.63, 3.8) is 0 Å². The van der Waals surface area contributed by atoms with E-state index in [9.17, 15) is 14.7 Å². The summed E-state index contributed by atoms with van der Waals surface area (Å²) in [4.78, 5) is 23.3. The number of rotatable bonds is 15. The Morgan fingerprint density at radius 3 is 1.96 bits per heavy atom. The number of aliphatic hydroxyl groups excluding tert-OH is 1. The fourth-order valence-electron chi connectivity index (χ4n) is 2.53. The Bertz CT molecular complexity index is 330. The zero-order valence-electron chi connectivity index (χ0n) is 15.7. The van der Waals surface area contributed by atoms with E-state index in [1.165, 1.54) is 45.6 Å². The molecule has 0 aliphatic rings. The molecule has 0 aromatic heterocycles. The van der Waals surface area contributed by atoms with Crippen LogP contribution in [0.2, 0.25) is 0 Å². The third-order valence-corrected chi connectivity index (χ3v) is 4.29. The number of esters is 2. The Balaban J connectivity index is 3.82. The first-order valence-corrected chi connectivity index (χ1v) is 9.42. The maximum absolute atomic E-state index is 11.9. The van der Waals surface area contributed by atoms with Crippen LogP contribution in [0.4, 0.5) is 0 Å². The van der Waals surface area contributed by atoms with Gasteiger partial charge in [0.1, 0.15) is 6.10 Å². The first-order chi connectivity index (χ1) is 11.5. The van der Waals surface area contributed by atoms with Crippen LogP contribution in [-0.4, -0.2) is 36.9 Å². The molecule has 0 aliphatic heterocycles. The molecule has 0 radical (unpaired) electrons. The van der Waals surface area contributed by atoms with Crippen LogP contribution in [-0.2, 0) is 19.1 Å². The lowest BCUT2D eigenvalue weighted by atomic mass is 10.0. The highest BCUT2D eigenvalue weighted by Crippen LogP contribution is 2.15. The third kappa shape index (κ3) is 12.3. The molecule has 0 aliphatic carbocycles. The van der Waals surface area contributed by atoms with E-state index in [0.29, 0.717) is 6.42 Å². The minimum atomic E-state index is -0.617. The van der Waals surface area contributed by atoms with Crippen LogP contribution in [0.25, 0.3) is 0 Å². The molecule has 0 aromatic rings. The first-order valence-electron chi connectivity index (χ1n) is 9.42. The number of hydrogen-bond acceptors (Lipinski definition) is 5. The average molecular weight is 344 g/mol. The Hall–Kier alpha value is -1.10. The summed E-state index contributed by atoms with van der Waals surface area (Å²) >= 11 is 0. The molecule has 0 saturated heterocycles. The van der Waals surface area contributed by atoms with E-state index >= 15 is 0 Å². The number of hydrogen-bond donors (Lipinski definition) is 1. The minimum Gasteiger partial charge on any atom is -0.469 e. The monoisotopic (exact) mass is 344 g/mol. The summed E-state index contributed by atoms with van der Waals surface area (Å²) in [7, 11) is 1.30. The summed E-state index contributed by atoms with van der Waals surface area (Å²) in [6, 6.07) is 0. The molecule has 1 N–H and O–H groups in total. The number of methoxy groups -OCH3 is 1. The molecule has 0 aromatic carbocycles. The van der Waals surface area contributed by atoms with Crippen LogP contribution in [0, 0.1) is 5.92 Å². The molecular weight excluding hydrogens is 308 g/mol. The summed E-state index contributed by atoms with van der Waals surface area (Å²) in [5.74, 6) is -1.01. The maximum atomic E-state index is 11.9. The van der Waals surface area contributed by atoms with Crippen molar-refractivity contribution in [3.8, 4) is 0 Å². The molecular formula is C19H36O5. The summed E-state index contributed by atoms with van der Waals surface area (Å²) in [6.07, 6.45) is 10.5. The van der Waals surface area contributed by atoms with Crippen molar-refractivity contribution in [1.82, 2.24) is 0 Å². The molecule has 0 bridgehead atoms. The second-order valence-electron chi connectivity index (χ2n) is 6.55. The minimum absolute atomic E-state index is 0.0122. The summed E-state index contributed by atoms with van der Waals surface area (Å²) < 4.78 is 9.95. The van der Waals surface area contributed by atoms with Crippen molar-refractivity contribution in [1.29, 1.82) is 0 Å².